The molecule has 0 radical (unpaired) electrons. The quantitative estimate of drug-likeness (QED) is 0.781. The summed E-state index contributed by atoms with van der Waals surface area (Å²) in [4.78, 5) is 0. The Morgan fingerprint density at radius 1 is 1.23 bits per heavy atom. The van der Waals surface area contributed by atoms with Gasteiger partial charge in [0, 0.05) is 5.92 Å². The number of aliphatic hydroxyl groups is 1. The van der Waals surface area contributed by atoms with Gasteiger partial charge in [-0.25, -0.2) is 4.39 Å². The summed E-state index contributed by atoms with van der Waals surface area (Å²) in [5, 5.41) is 12.0. The molecule has 138 valence electrons. The van der Waals surface area contributed by atoms with E-state index in [4.69, 9.17) is 17.3 Å². The summed E-state index contributed by atoms with van der Waals surface area (Å²) >= 11 is 6.03. The lowest BCUT2D eigenvalue weighted by molar-refractivity contribution is -0.0299. The lowest BCUT2D eigenvalue weighted by atomic mass is 9.58. The van der Waals surface area contributed by atoms with Crippen molar-refractivity contribution < 1.29 is 9.50 Å². The Balaban J connectivity index is 2.23. The summed E-state index contributed by atoms with van der Waals surface area (Å²) in [6.07, 6.45) is 3.75. The van der Waals surface area contributed by atoms with Crippen LogP contribution in [0, 0.1) is 17.2 Å². The molecule has 2 nitrogen and oxygen atoms in total. The van der Waals surface area contributed by atoms with Crippen molar-refractivity contribution in [3.05, 3.63) is 76.1 Å². The molecule has 1 fully saturated rings. The van der Waals surface area contributed by atoms with E-state index in [9.17, 15) is 9.50 Å². The Kier molecular flexibility index (Phi) is 5.25. The van der Waals surface area contributed by atoms with E-state index in [0.29, 0.717) is 12.1 Å². The molecule has 1 aliphatic carbocycles. The van der Waals surface area contributed by atoms with Crippen molar-refractivity contribution in [1.29, 1.82) is 0 Å². The molecule has 0 heterocycles. The molecule has 1 aliphatic rings. The Morgan fingerprint density at radius 3 is 2.54 bits per heavy atom. The molecule has 2 aromatic rings. The fourth-order valence-electron chi connectivity index (χ4n) is 4.05. The predicted molar refractivity (Wildman–Crippen MR) is 105 cm³/mol. The highest BCUT2D eigenvalue weighted by Gasteiger charge is 2.50. The second-order valence-corrected chi connectivity index (χ2v) is 8.13. The van der Waals surface area contributed by atoms with Gasteiger partial charge in [-0.2, -0.15) is 0 Å². The van der Waals surface area contributed by atoms with Crippen molar-refractivity contribution in [1.82, 2.24) is 0 Å². The first kappa shape index (κ1) is 19.1. The van der Waals surface area contributed by atoms with Crippen LogP contribution in [0.1, 0.15) is 37.8 Å². The van der Waals surface area contributed by atoms with E-state index in [-0.39, 0.29) is 16.4 Å². The molecule has 2 atom stereocenters. The van der Waals surface area contributed by atoms with Crippen LogP contribution >= 0.6 is 11.6 Å². The molecule has 0 spiro atoms. The van der Waals surface area contributed by atoms with Gasteiger partial charge in [0.05, 0.1) is 5.02 Å². The summed E-state index contributed by atoms with van der Waals surface area (Å²) in [5.41, 5.74) is 7.02. The third kappa shape index (κ3) is 3.32. The van der Waals surface area contributed by atoms with E-state index < -0.39 is 11.4 Å². The van der Waals surface area contributed by atoms with Crippen molar-refractivity contribution in [2.24, 2.45) is 17.1 Å². The molecular weight excluding hydrogens is 349 g/mol. The molecule has 4 heteroatoms. The molecule has 26 heavy (non-hydrogen) atoms. The number of hydrogen-bond acceptors (Lipinski definition) is 2. The second-order valence-electron chi connectivity index (χ2n) is 7.72. The largest absolute Gasteiger partial charge is 0.380 e. The van der Waals surface area contributed by atoms with Gasteiger partial charge in [-0.05, 0) is 53.6 Å². The minimum atomic E-state index is -1.29. The lowest BCUT2D eigenvalue weighted by Crippen LogP contribution is -2.49. The zero-order chi connectivity index (χ0) is 18.9. The molecule has 1 saturated carbocycles. The third-order valence-electron chi connectivity index (χ3n) is 5.60. The highest BCUT2D eigenvalue weighted by Crippen LogP contribution is 2.54. The lowest BCUT2D eigenvalue weighted by Gasteiger charge is -2.50. The van der Waals surface area contributed by atoms with Gasteiger partial charge in [-0.1, -0.05) is 67.9 Å². The van der Waals surface area contributed by atoms with Crippen LogP contribution in [0.2, 0.25) is 5.02 Å². The minimum Gasteiger partial charge on any atom is -0.380 e. The smallest absolute Gasteiger partial charge is 0.141 e. The third-order valence-corrected chi connectivity index (χ3v) is 5.89. The maximum Gasteiger partial charge on any atom is 0.141 e. The van der Waals surface area contributed by atoms with E-state index in [1.165, 1.54) is 12.1 Å². The Bertz CT molecular complexity index is 818. The molecule has 2 aromatic carbocycles. The number of nitrogens with two attached hydrogens (primary N) is 1. The van der Waals surface area contributed by atoms with Crippen LogP contribution in [0.25, 0.3) is 6.08 Å². The number of halogens is 2. The van der Waals surface area contributed by atoms with Gasteiger partial charge in [-0.15, -0.1) is 0 Å². The van der Waals surface area contributed by atoms with Crippen molar-refractivity contribution in [3.63, 3.8) is 0 Å². The molecule has 0 aliphatic heterocycles. The summed E-state index contributed by atoms with van der Waals surface area (Å²) in [6, 6.07) is 14.4. The summed E-state index contributed by atoms with van der Waals surface area (Å²) in [6.45, 7) is 4.60. The minimum absolute atomic E-state index is 0.00846. The van der Waals surface area contributed by atoms with E-state index >= 15 is 0 Å². The fourth-order valence-corrected chi connectivity index (χ4v) is 4.23. The summed E-state index contributed by atoms with van der Waals surface area (Å²) in [5.74, 6) is -0.654. The van der Waals surface area contributed by atoms with E-state index in [2.05, 4.69) is 13.8 Å². The summed E-state index contributed by atoms with van der Waals surface area (Å²) in [7, 11) is 0. The van der Waals surface area contributed by atoms with Crippen LogP contribution in [0.3, 0.4) is 0 Å². The average Bonchev–Trinajstić information content (AvgIpc) is 2.62. The van der Waals surface area contributed by atoms with Gasteiger partial charge >= 0.3 is 0 Å². The normalized spacial score (nSPS) is 26.8. The van der Waals surface area contributed by atoms with E-state index in [1.54, 1.807) is 6.07 Å². The van der Waals surface area contributed by atoms with Crippen LogP contribution in [0.15, 0.2) is 54.1 Å². The van der Waals surface area contributed by atoms with Gasteiger partial charge in [0.2, 0.25) is 0 Å². The van der Waals surface area contributed by atoms with Crippen LogP contribution < -0.4 is 5.73 Å². The SMILES string of the molecule is CC1(C)CCC(CN)C(O)(c2ccc(F)c(Cl)c2)C1=Cc1ccccc1. The molecule has 0 aromatic heterocycles. The molecular formula is C22H25ClFNO. The van der Waals surface area contributed by atoms with E-state index in [1.807, 2.05) is 36.4 Å². The maximum atomic E-state index is 13.7. The highest BCUT2D eigenvalue weighted by molar-refractivity contribution is 6.30. The topological polar surface area (TPSA) is 46.2 Å². The molecule has 2 unspecified atom stereocenters. The zero-order valence-corrected chi connectivity index (χ0v) is 15.9. The zero-order valence-electron chi connectivity index (χ0n) is 15.2. The van der Waals surface area contributed by atoms with Gasteiger partial charge in [0.1, 0.15) is 11.4 Å². The maximum absolute atomic E-state index is 13.7. The first-order valence-corrected chi connectivity index (χ1v) is 9.32. The Labute approximate surface area is 159 Å². The number of hydrogen-bond donors (Lipinski definition) is 2. The van der Waals surface area contributed by atoms with Crippen LogP contribution in [-0.4, -0.2) is 11.7 Å². The van der Waals surface area contributed by atoms with Gasteiger partial charge < -0.3 is 10.8 Å². The van der Waals surface area contributed by atoms with Crippen molar-refractivity contribution >= 4 is 17.7 Å². The van der Waals surface area contributed by atoms with Crippen LogP contribution in [0.5, 0.6) is 0 Å². The molecule has 3 rings (SSSR count). The fraction of sp³-hybridized carbons (Fsp3) is 0.364. The van der Waals surface area contributed by atoms with Crippen molar-refractivity contribution in [3.8, 4) is 0 Å². The molecule has 3 N–H and O–H groups in total. The highest BCUT2D eigenvalue weighted by atomic mass is 35.5. The monoisotopic (exact) mass is 373 g/mol. The van der Waals surface area contributed by atoms with Gasteiger partial charge in [0.15, 0.2) is 0 Å². The van der Waals surface area contributed by atoms with E-state index in [0.717, 1.165) is 24.0 Å². The molecule has 0 amide bonds. The molecule has 0 bridgehead atoms. The van der Waals surface area contributed by atoms with Gasteiger partial charge in [0.25, 0.3) is 0 Å². The Hall–Kier alpha value is -1.68. The standard InChI is InChI=1S/C22H25ClFNO/c1-21(2)11-10-17(14-25)22(26,16-8-9-19(24)18(23)13-16)20(21)12-15-6-4-3-5-7-15/h3-9,12-13,17,26H,10-11,14,25H2,1-2H3. The Morgan fingerprint density at radius 2 is 1.92 bits per heavy atom. The summed E-state index contributed by atoms with van der Waals surface area (Å²) < 4.78 is 13.7. The number of benzene rings is 2. The first-order chi connectivity index (χ1) is 12.3. The predicted octanol–water partition coefficient (Wildman–Crippen LogP) is 5.15. The van der Waals surface area contributed by atoms with Crippen molar-refractivity contribution in [2.75, 3.05) is 6.54 Å². The second kappa shape index (κ2) is 7.15. The first-order valence-electron chi connectivity index (χ1n) is 8.94. The van der Waals surface area contributed by atoms with Gasteiger partial charge in [-0.3, -0.25) is 0 Å². The molecule has 0 saturated heterocycles. The van der Waals surface area contributed by atoms with Crippen LogP contribution in [0.4, 0.5) is 4.39 Å². The average molecular weight is 374 g/mol. The van der Waals surface area contributed by atoms with Crippen molar-refractivity contribution in [2.45, 2.75) is 32.3 Å². The number of rotatable bonds is 3. The van der Waals surface area contributed by atoms with Crippen LogP contribution in [-0.2, 0) is 5.60 Å².